The zero-order chi connectivity index (χ0) is 9.42. The Labute approximate surface area is 79.1 Å². The fourth-order valence-corrected chi connectivity index (χ4v) is 2.01. The summed E-state index contributed by atoms with van der Waals surface area (Å²) in [6.07, 6.45) is 0. The molecule has 0 radical (unpaired) electrons. The van der Waals surface area contributed by atoms with Gasteiger partial charge in [-0.1, -0.05) is 6.92 Å². The summed E-state index contributed by atoms with van der Waals surface area (Å²) in [4.78, 5) is 2.29. The highest BCUT2D eigenvalue weighted by molar-refractivity contribution is 5.61. The zero-order valence-electron chi connectivity index (χ0n) is 8.37. The molecule has 2 rings (SSSR count). The van der Waals surface area contributed by atoms with E-state index in [1.807, 2.05) is 6.07 Å². The van der Waals surface area contributed by atoms with Crippen LogP contribution in [0.4, 0.5) is 5.69 Å². The van der Waals surface area contributed by atoms with Crippen LogP contribution in [0.3, 0.4) is 0 Å². The number of hydrogen-bond acceptors (Lipinski definition) is 2. The van der Waals surface area contributed by atoms with E-state index in [-0.39, 0.29) is 0 Å². The van der Waals surface area contributed by atoms with Gasteiger partial charge in [-0.15, -0.1) is 0 Å². The van der Waals surface area contributed by atoms with E-state index in [9.17, 15) is 0 Å². The molecule has 0 spiro atoms. The third-order valence-electron chi connectivity index (χ3n) is 2.72. The van der Waals surface area contributed by atoms with Crippen molar-refractivity contribution in [2.75, 3.05) is 25.6 Å². The Bertz CT molecular complexity index is 322. The second-order valence-corrected chi connectivity index (χ2v) is 3.71. The van der Waals surface area contributed by atoms with E-state index in [4.69, 9.17) is 4.74 Å². The predicted octanol–water partition coefficient (Wildman–Crippen LogP) is 2.25. The van der Waals surface area contributed by atoms with Crippen LogP contribution in [0.5, 0.6) is 5.75 Å². The first-order valence-corrected chi connectivity index (χ1v) is 4.61. The fourth-order valence-electron chi connectivity index (χ4n) is 2.01. The van der Waals surface area contributed by atoms with Gasteiger partial charge in [-0.05, 0) is 23.8 Å². The first-order chi connectivity index (χ1) is 6.22. The highest BCUT2D eigenvalue weighted by atomic mass is 16.5. The third-order valence-corrected chi connectivity index (χ3v) is 2.72. The summed E-state index contributed by atoms with van der Waals surface area (Å²) in [5.41, 5.74) is 2.75. The summed E-state index contributed by atoms with van der Waals surface area (Å²) in [5.74, 6) is 1.58. The molecule has 1 atom stereocenters. The zero-order valence-corrected chi connectivity index (χ0v) is 8.37. The summed E-state index contributed by atoms with van der Waals surface area (Å²) >= 11 is 0. The quantitative estimate of drug-likeness (QED) is 0.652. The molecule has 13 heavy (non-hydrogen) atoms. The molecule has 1 heterocycles. The van der Waals surface area contributed by atoms with Crippen LogP contribution in [0.1, 0.15) is 18.4 Å². The Morgan fingerprint density at radius 3 is 2.92 bits per heavy atom. The third kappa shape index (κ3) is 1.26. The van der Waals surface area contributed by atoms with E-state index in [1.165, 1.54) is 11.3 Å². The summed E-state index contributed by atoms with van der Waals surface area (Å²) in [7, 11) is 3.85. The molecule has 1 aromatic rings. The van der Waals surface area contributed by atoms with Gasteiger partial charge in [0, 0.05) is 25.2 Å². The minimum atomic E-state index is 0.620. The molecule has 1 aliphatic rings. The van der Waals surface area contributed by atoms with Crippen LogP contribution in [-0.2, 0) is 0 Å². The molecule has 70 valence electrons. The molecule has 0 N–H and O–H groups in total. The van der Waals surface area contributed by atoms with Gasteiger partial charge < -0.3 is 9.64 Å². The second-order valence-electron chi connectivity index (χ2n) is 3.71. The smallest absolute Gasteiger partial charge is 0.119 e. The standard InChI is InChI=1S/C11H15NO/c1-8-7-12(2)11-5-4-9(13-3)6-10(8)11/h4-6,8H,7H2,1-3H3. The van der Waals surface area contributed by atoms with Gasteiger partial charge in [-0.3, -0.25) is 0 Å². The minimum Gasteiger partial charge on any atom is -0.497 e. The highest BCUT2D eigenvalue weighted by Gasteiger charge is 2.22. The Hall–Kier alpha value is -1.18. The first-order valence-electron chi connectivity index (χ1n) is 4.61. The molecule has 0 fully saturated rings. The van der Waals surface area contributed by atoms with Crippen LogP contribution in [0.15, 0.2) is 18.2 Å². The Balaban J connectivity index is 2.46. The van der Waals surface area contributed by atoms with Gasteiger partial charge >= 0.3 is 0 Å². The Morgan fingerprint density at radius 1 is 1.46 bits per heavy atom. The Kier molecular flexibility index (Phi) is 1.91. The molecular weight excluding hydrogens is 162 g/mol. The van der Waals surface area contributed by atoms with Crippen LogP contribution < -0.4 is 9.64 Å². The normalized spacial score (nSPS) is 20.2. The average Bonchev–Trinajstić information content (AvgIpc) is 2.42. The maximum atomic E-state index is 5.20. The number of nitrogens with zero attached hydrogens (tertiary/aromatic N) is 1. The molecule has 0 aliphatic carbocycles. The molecule has 1 unspecified atom stereocenters. The van der Waals surface area contributed by atoms with Crippen molar-refractivity contribution in [3.8, 4) is 5.75 Å². The summed E-state index contributed by atoms with van der Waals surface area (Å²) in [5, 5.41) is 0. The van der Waals surface area contributed by atoms with Crippen molar-refractivity contribution in [1.29, 1.82) is 0 Å². The number of hydrogen-bond donors (Lipinski definition) is 0. The van der Waals surface area contributed by atoms with Crippen molar-refractivity contribution in [3.05, 3.63) is 23.8 Å². The van der Waals surface area contributed by atoms with Crippen LogP contribution in [0, 0.1) is 0 Å². The van der Waals surface area contributed by atoms with Crippen molar-refractivity contribution in [1.82, 2.24) is 0 Å². The topological polar surface area (TPSA) is 12.5 Å². The van der Waals surface area contributed by atoms with Crippen LogP contribution >= 0.6 is 0 Å². The lowest BCUT2D eigenvalue weighted by Gasteiger charge is -2.11. The number of anilines is 1. The molecule has 2 nitrogen and oxygen atoms in total. The maximum absolute atomic E-state index is 5.20. The monoisotopic (exact) mass is 177 g/mol. The van der Waals surface area contributed by atoms with Gasteiger partial charge in [0.15, 0.2) is 0 Å². The van der Waals surface area contributed by atoms with E-state index >= 15 is 0 Å². The van der Waals surface area contributed by atoms with E-state index < -0.39 is 0 Å². The molecule has 0 bridgehead atoms. The molecule has 0 saturated carbocycles. The number of methoxy groups -OCH3 is 1. The Morgan fingerprint density at radius 2 is 2.23 bits per heavy atom. The number of fused-ring (bicyclic) bond motifs is 1. The van der Waals surface area contributed by atoms with Gasteiger partial charge in [-0.25, -0.2) is 0 Å². The van der Waals surface area contributed by atoms with Crippen LogP contribution in [-0.4, -0.2) is 20.7 Å². The maximum Gasteiger partial charge on any atom is 0.119 e. The van der Waals surface area contributed by atoms with Gasteiger partial charge in [0.25, 0.3) is 0 Å². The first kappa shape index (κ1) is 8.42. The van der Waals surface area contributed by atoms with E-state index in [0.717, 1.165) is 12.3 Å². The average molecular weight is 177 g/mol. The molecule has 0 amide bonds. The number of rotatable bonds is 1. The van der Waals surface area contributed by atoms with Crippen molar-refractivity contribution in [2.45, 2.75) is 12.8 Å². The lowest BCUT2D eigenvalue weighted by molar-refractivity contribution is 0.414. The van der Waals surface area contributed by atoms with Crippen molar-refractivity contribution < 1.29 is 4.74 Å². The summed E-state index contributed by atoms with van der Waals surface area (Å²) in [6, 6.07) is 6.30. The largest absolute Gasteiger partial charge is 0.497 e. The number of benzene rings is 1. The number of ether oxygens (including phenoxy) is 1. The lowest BCUT2D eigenvalue weighted by Crippen LogP contribution is -2.13. The molecule has 0 saturated heterocycles. The van der Waals surface area contributed by atoms with E-state index in [1.54, 1.807) is 7.11 Å². The fraction of sp³-hybridized carbons (Fsp3) is 0.455. The lowest BCUT2D eigenvalue weighted by atomic mass is 10.0. The second kappa shape index (κ2) is 2.95. The molecule has 1 aliphatic heterocycles. The van der Waals surface area contributed by atoms with Crippen LogP contribution in [0.25, 0.3) is 0 Å². The van der Waals surface area contributed by atoms with Gasteiger partial charge in [0.05, 0.1) is 7.11 Å². The van der Waals surface area contributed by atoms with Crippen LogP contribution in [0.2, 0.25) is 0 Å². The molecule has 1 aromatic carbocycles. The van der Waals surface area contributed by atoms with Crippen molar-refractivity contribution in [2.24, 2.45) is 0 Å². The molecule has 2 heteroatoms. The predicted molar refractivity (Wildman–Crippen MR) is 54.7 cm³/mol. The SMILES string of the molecule is COc1ccc2c(c1)C(C)CN2C. The summed E-state index contributed by atoms with van der Waals surface area (Å²) in [6.45, 7) is 3.37. The highest BCUT2D eigenvalue weighted by Crippen LogP contribution is 2.36. The van der Waals surface area contributed by atoms with E-state index in [0.29, 0.717) is 5.92 Å². The van der Waals surface area contributed by atoms with Crippen molar-refractivity contribution >= 4 is 5.69 Å². The van der Waals surface area contributed by atoms with Gasteiger partial charge in [-0.2, -0.15) is 0 Å². The molecular formula is C11H15NO. The van der Waals surface area contributed by atoms with Gasteiger partial charge in [0.2, 0.25) is 0 Å². The van der Waals surface area contributed by atoms with Gasteiger partial charge in [0.1, 0.15) is 5.75 Å². The molecule has 0 aromatic heterocycles. The summed E-state index contributed by atoms with van der Waals surface area (Å²) < 4.78 is 5.20. The van der Waals surface area contributed by atoms with Crippen molar-refractivity contribution in [3.63, 3.8) is 0 Å². The number of likely N-dealkylation sites (N-methyl/N-ethyl adjacent to an activating group) is 1. The minimum absolute atomic E-state index is 0.620. The van der Waals surface area contributed by atoms with E-state index in [2.05, 4.69) is 31.0 Å².